The van der Waals surface area contributed by atoms with Gasteiger partial charge in [0.05, 0.1) is 7.11 Å². The molecule has 0 aliphatic carbocycles. The number of nitrogens with one attached hydrogen (secondary N) is 1. The van der Waals surface area contributed by atoms with E-state index >= 15 is 0 Å². The summed E-state index contributed by atoms with van der Waals surface area (Å²) in [6.45, 7) is 4.93. The van der Waals surface area contributed by atoms with Crippen LogP contribution in [0.3, 0.4) is 0 Å². The molecule has 1 aromatic rings. The molecule has 0 bridgehead atoms. The zero-order valence-corrected chi connectivity index (χ0v) is 13.2. The van der Waals surface area contributed by atoms with E-state index in [2.05, 4.69) is 5.32 Å². The number of carbonyl (C=O) groups is 2. The van der Waals surface area contributed by atoms with Gasteiger partial charge in [-0.2, -0.15) is 0 Å². The van der Waals surface area contributed by atoms with Crippen LogP contribution in [0.4, 0.5) is 4.79 Å². The Morgan fingerprint density at radius 1 is 1.18 bits per heavy atom. The van der Waals surface area contributed by atoms with Crippen molar-refractivity contribution < 1.29 is 14.3 Å². The third-order valence-corrected chi connectivity index (χ3v) is 3.70. The molecule has 0 aromatic heterocycles. The number of ether oxygens (including phenoxy) is 1. The van der Waals surface area contributed by atoms with Crippen molar-refractivity contribution in [1.29, 1.82) is 0 Å². The summed E-state index contributed by atoms with van der Waals surface area (Å²) in [5.41, 5.74) is 0.614. The molecule has 120 valence electrons. The van der Waals surface area contributed by atoms with Crippen LogP contribution in [0.5, 0.6) is 5.75 Å². The molecule has 1 N–H and O–H groups in total. The molecule has 1 saturated heterocycles. The predicted molar refractivity (Wildman–Crippen MR) is 84.2 cm³/mol. The molecule has 0 atom stereocenters. The van der Waals surface area contributed by atoms with Crippen LogP contribution in [-0.2, 0) is 0 Å². The number of hydrogen-bond donors (Lipinski definition) is 1. The Balaban J connectivity index is 1.90. The van der Waals surface area contributed by atoms with Crippen LogP contribution < -0.4 is 10.1 Å². The molecular weight excluding hydrogens is 282 g/mol. The second kappa shape index (κ2) is 7.68. The maximum atomic E-state index is 12.5. The molecule has 3 amide bonds. The van der Waals surface area contributed by atoms with Gasteiger partial charge in [0.1, 0.15) is 5.75 Å². The third-order valence-electron chi connectivity index (χ3n) is 3.70. The third kappa shape index (κ3) is 3.90. The number of benzene rings is 1. The molecule has 0 saturated carbocycles. The average molecular weight is 305 g/mol. The molecular formula is C16H23N3O3. The topological polar surface area (TPSA) is 61.9 Å². The normalized spacial score (nSPS) is 14.6. The Morgan fingerprint density at radius 3 is 2.50 bits per heavy atom. The highest BCUT2D eigenvalue weighted by Gasteiger charge is 2.24. The van der Waals surface area contributed by atoms with E-state index in [4.69, 9.17) is 4.74 Å². The molecule has 1 aromatic carbocycles. The van der Waals surface area contributed by atoms with Crippen LogP contribution in [0.15, 0.2) is 24.3 Å². The number of rotatable bonds is 4. The first-order valence-corrected chi connectivity index (χ1v) is 7.61. The Hall–Kier alpha value is -2.24. The van der Waals surface area contributed by atoms with Crippen molar-refractivity contribution in [2.24, 2.45) is 0 Å². The Labute approximate surface area is 131 Å². The van der Waals surface area contributed by atoms with E-state index in [1.165, 1.54) is 0 Å². The highest BCUT2D eigenvalue weighted by Crippen LogP contribution is 2.15. The molecule has 0 radical (unpaired) electrons. The zero-order chi connectivity index (χ0) is 15.9. The average Bonchev–Trinajstić information content (AvgIpc) is 2.59. The van der Waals surface area contributed by atoms with Gasteiger partial charge in [0.2, 0.25) is 0 Å². The number of carbonyl (C=O) groups excluding carboxylic acids is 2. The highest BCUT2D eigenvalue weighted by molar-refractivity contribution is 5.94. The second-order valence-corrected chi connectivity index (χ2v) is 5.24. The first-order chi connectivity index (χ1) is 10.7. The number of amides is 3. The minimum Gasteiger partial charge on any atom is -0.497 e. The molecule has 1 aliphatic heterocycles. The van der Waals surface area contributed by atoms with Crippen LogP contribution in [0.1, 0.15) is 23.7 Å². The van der Waals surface area contributed by atoms with Crippen molar-refractivity contribution in [3.05, 3.63) is 29.8 Å². The van der Waals surface area contributed by atoms with Gasteiger partial charge in [-0.05, 0) is 24.6 Å². The smallest absolute Gasteiger partial charge is 0.317 e. The maximum absolute atomic E-state index is 12.5. The zero-order valence-electron chi connectivity index (χ0n) is 13.2. The number of urea groups is 1. The summed E-state index contributed by atoms with van der Waals surface area (Å²) in [5, 5.41) is 2.86. The molecule has 6 nitrogen and oxygen atoms in total. The van der Waals surface area contributed by atoms with Crippen molar-refractivity contribution in [2.45, 2.75) is 13.3 Å². The van der Waals surface area contributed by atoms with E-state index in [0.717, 1.165) is 6.42 Å². The van der Waals surface area contributed by atoms with Crippen LogP contribution in [0.2, 0.25) is 0 Å². The predicted octanol–water partition coefficient (Wildman–Crippen LogP) is 1.57. The monoisotopic (exact) mass is 305 g/mol. The van der Waals surface area contributed by atoms with Gasteiger partial charge in [-0.15, -0.1) is 0 Å². The minimum absolute atomic E-state index is 0.0208. The van der Waals surface area contributed by atoms with E-state index in [9.17, 15) is 9.59 Å². The number of piperazine rings is 1. The minimum atomic E-state index is -0.0460. The van der Waals surface area contributed by atoms with E-state index in [1.54, 1.807) is 35.1 Å². The number of hydrogen-bond acceptors (Lipinski definition) is 3. The summed E-state index contributed by atoms with van der Waals surface area (Å²) in [4.78, 5) is 27.9. The number of nitrogens with zero attached hydrogens (tertiary/aromatic N) is 2. The van der Waals surface area contributed by atoms with Crippen LogP contribution in [0.25, 0.3) is 0 Å². The Kier molecular flexibility index (Phi) is 5.63. The highest BCUT2D eigenvalue weighted by atomic mass is 16.5. The SMILES string of the molecule is CCCNC(=O)N1CCN(C(=O)c2cccc(OC)c2)CC1. The van der Waals surface area contributed by atoms with Gasteiger partial charge in [0.25, 0.3) is 5.91 Å². The molecule has 0 unspecified atom stereocenters. The van der Waals surface area contributed by atoms with Gasteiger partial charge < -0.3 is 19.9 Å². The molecule has 6 heteroatoms. The standard InChI is InChI=1S/C16H23N3O3/c1-3-7-17-16(21)19-10-8-18(9-11-19)15(20)13-5-4-6-14(12-13)22-2/h4-6,12H,3,7-11H2,1-2H3,(H,17,21). The summed E-state index contributed by atoms with van der Waals surface area (Å²) in [5.74, 6) is 0.649. The van der Waals surface area contributed by atoms with Gasteiger partial charge in [-0.25, -0.2) is 4.79 Å². The van der Waals surface area contributed by atoms with E-state index in [1.807, 2.05) is 13.0 Å². The quantitative estimate of drug-likeness (QED) is 0.918. The maximum Gasteiger partial charge on any atom is 0.317 e. The van der Waals surface area contributed by atoms with E-state index in [-0.39, 0.29) is 11.9 Å². The van der Waals surface area contributed by atoms with Crippen molar-refractivity contribution in [3.8, 4) is 5.75 Å². The fourth-order valence-electron chi connectivity index (χ4n) is 2.40. The fourth-order valence-corrected chi connectivity index (χ4v) is 2.40. The lowest BCUT2D eigenvalue weighted by atomic mass is 10.1. The number of methoxy groups -OCH3 is 1. The van der Waals surface area contributed by atoms with Crippen molar-refractivity contribution in [2.75, 3.05) is 39.8 Å². The molecule has 1 fully saturated rings. The summed E-state index contributed by atoms with van der Waals surface area (Å²) in [6, 6.07) is 7.09. The van der Waals surface area contributed by atoms with E-state index < -0.39 is 0 Å². The summed E-state index contributed by atoms with van der Waals surface area (Å²) >= 11 is 0. The van der Waals surface area contributed by atoms with Gasteiger partial charge in [0.15, 0.2) is 0 Å². The molecule has 2 rings (SSSR count). The van der Waals surface area contributed by atoms with Crippen LogP contribution in [0, 0.1) is 0 Å². The molecule has 1 heterocycles. The van der Waals surface area contributed by atoms with Crippen molar-refractivity contribution in [1.82, 2.24) is 15.1 Å². The lowest BCUT2D eigenvalue weighted by molar-refractivity contribution is 0.0665. The van der Waals surface area contributed by atoms with Gasteiger partial charge >= 0.3 is 6.03 Å². The Morgan fingerprint density at radius 2 is 1.86 bits per heavy atom. The van der Waals surface area contributed by atoms with E-state index in [0.29, 0.717) is 44.0 Å². The molecule has 0 spiro atoms. The summed E-state index contributed by atoms with van der Waals surface area (Å²) in [6.07, 6.45) is 0.917. The molecule has 1 aliphatic rings. The summed E-state index contributed by atoms with van der Waals surface area (Å²) < 4.78 is 5.15. The van der Waals surface area contributed by atoms with Crippen LogP contribution in [-0.4, -0.2) is 61.6 Å². The lowest BCUT2D eigenvalue weighted by Crippen LogP contribution is -2.53. The van der Waals surface area contributed by atoms with Gasteiger partial charge in [-0.1, -0.05) is 13.0 Å². The lowest BCUT2D eigenvalue weighted by Gasteiger charge is -2.34. The van der Waals surface area contributed by atoms with Crippen molar-refractivity contribution in [3.63, 3.8) is 0 Å². The molecule has 22 heavy (non-hydrogen) atoms. The largest absolute Gasteiger partial charge is 0.497 e. The second-order valence-electron chi connectivity index (χ2n) is 5.24. The first kappa shape index (κ1) is 16.1. The van der Waals surface area contributed by atoms with Gasteiger partial charge in [-0.3, -0.25) is 4.79 Å². The first-order valence-electron chi connectivity index (χ1n) is 7.61. The van der Waals surface area contributed by atoms with Crippen molar-refractivity contribution >= 4 is 11.9 Å². The fraction of sp³-hybridized carbons (Fsp3) is 0.500. The van der Waals surface area contributed by atoms with Crippen LogP contribution >= 0.6 is 0 Å². The Bertz CT molecular complexity index is 525. The van der Waals surface area contributed by atoms with Gasteiger partial charge in [0, 0.05) is 38.3 Å². The summed E-state index contributed by atoms with van der Waals surface area (Å²) in [7, 11) is 1.58.